The first-order valence-corrected chi connectivity index (χ1v) is 5.20. The predicted molar refractivity (Wildman–Crippen MR) is 59.3 cm³/mol. The number of carboxylic acid groups (broad SMARTS) is 1. The van der Waals surface area contributed by atoms with E-state index in [-0.39, 0.29) is 12.5 Å². The quantitative estimate of drug-likeness (QED) is 0.833. The molecule has 4 nitrogen and oxygen atoms in total. The Kier molecular flexibility index (Phi) is 2.64. The van der Waals surface area contributed by atoms with Crippen molar-refractivity contribution in [1.29, 1.82) is 0 Å². The molecule has 1 aliphatic heterocycles. The molecule has 1 aliphatic rings. The SMILES string of the molecule is CC(CN1C(=O)Cc2ccccc21)C(=O)O. The first-order valence-electron chi connectivity index (χ1n) is 5.20. The van der Waals surface area contributed by atoms with Crippen LogP contribution in [0.5, 0.6) is 0 Å². The van der Waals surface area contributed by atoms with E-state index in [0.29, 0.717) is 6.42 Å². The van der Waals surface area contributed by atoms with Crippen LogP contribution in [0.3, 0.4) is 0 Å². The van der Waals surface area contributed by atoms with Gasteiger partial charge in [0.05, 0.1) is 12.3 Å². The van der Waals surface area contributed by atoms with Gasteiger partial charge in [-0.05, 0) is 11.6 Å². The van der Waals surface area contributed by atoms with Crippen molar-refractivity contribution in [2.24, 2.45) is 5.92 Å². The van der Waals surface area contributed by atoms with Gasteiger partial charge in [0.15, 0.2) is 0 Å². The Hall–Kier alpha value is -1.84. The molecule has 0 saturated heterocycles. The highest BCUT2D eigenvalue weighted by Gasteiger charge is 2.29. The lowest BCUT2D eigenvalue weighted by molar-refractivity contribution is -0.140. The molecule has 0 fully saturated rings. The van der Waals surface area contributed by atoms with Crippen LogP contribution in [0.15, 0.2) is 24.3 Å². The van der Waals surface area contributed by atoms with Crippen LogP contribution in [-0.2, 0) is 16.0 Å². The van der Waals surface area contributed by atoms with Gasteiger partial charge in [-0.25, -0.2) is 0 Å². The molecular formula is C12H13NO3. The van der Waals surface area contributed by atoms with Crippen molar-refractivity contribution in [2.75, 3.05) is 11.4 Å². The second-order valence-electron chi connectivity index (χ2n) is 4.05. The summed E-state index contributed by atoms with van der Waals surface area (Å²) in [5.41, 5.74) is 1.82. The standard InChI is InChI=1S/C12H13NO3/c1-8(12(15)16)7-13-10-5-3-2-4-9(10)6-11(13)14/h2-5,8H,6-7H2,1H3,(H,15,16). The molecular weight excluding hydrogens is 206 g/mol. The van der Waals surface area contributed by atoms with Gasteiger partial charge in [0.2, 0.25) is 5.91 Å². The minimum Gasteiger partial charge on any atom is -0.481 e. The van der Waals surface area contributed by atoms with Crippen LogP contribution >= 0.6 is 0 Å². The maximum absolute atomic E-state index is 11.7. The molecule has 0 spiro atoms. The van der Waals surface area contributed by atoms with Crippen LogP contribution in [0.4, 0.5) is 5.69 Å². The van der Waals surface area contributed by atoms with Crippen molar-refractivity contribution in [3.05, 3.63) is 29.8 Å². The van der Waals surface area contributed by atoms with E-state index in [1.165, 1.54) is 0 Å². The van der Waals surface area contributed by atoms with Crippen LogP contribution in [0.1, 0.15) is 12.5 Å². The summed E-state index contributed by atoms with van der Waals surface area (Å²) >= 11 is 0. The van der Waals surface area contributed by atoms with E-state index in [0.717, 1.165) is 11.3 Å². The minimum atomic E-state index is -0.878. The number of carbonyl (C=O) groups is 2. The van der Waals surface area contributed by atoms with Crippen molar-refractivity contribution in [2.45, 2.75) is 13.3 Å². The summed E-state index contributed by atoms with van der Waals surface area (Å²) in [7, 11) is 0. The van der Waals surface area contributed by atoms with Gasteiger partial charge in [-0.15, -0.1) is 0 Å². The second-order valence-corrected chi connectivity index (χ2v) is 4.05. The van der Waals surface area contributed by atoms with Crippen molar-refractivity contribution in [1.82, 2.24) is 0 Å². The second kappa shape index (κ2) is 3.96. The molecule has 1 atom stereocenters. The van der Waals surface area contributed by atoms with Crippen LogP contribution in [-0.4, -0.2) is 23.5 Å². The zero-order chi connectivity index (χ0) is 11.7. The molecule has 1 N–H and O–H groups in total. The number of carboxylic acids is 1. The van der Waals surface area contributed by atoms with Gasteiger partial charge in [0, 0.05) is 12.2 Å². The number of aliphatic carboxylic acids is 1. The fourth-order valence-electron chi connectivity index (χ4n) is 1.87. The Bertz CT molecular complexity index is 442. The van der Waals surface area contributed by atoms with Crippen molar-refractivity contribution in [3.63, 3.8) is 0 Å². The zero-order valence-corrected chi connectivity index (χ0v) is 9.01. The smallest absolute Gasteiger partial charge is 0.308 e. The molecule has 0 aromatic heterocycles. The number of nitrogens with zero attached hydrogens (tertiary/aromatic N) is 1. The fourth-order valence-corrected chi connectivity index (χ4v) is 1.87. The van der Waals surface area contributed by atoms with Gasteiger partial charge in [-0.2, -0.15) is 0 Å². The molecule has 0 aliphatic carbocycles. The number of benzene rings is 1. The van der Waals surface area contributed by atoms with Gasteiger partial charge in [0.1, 0.15) is 0 Å². The molecule has 1 amide bonds. The van der Waals surface area contributed by atoms with Crippen molar-refractivity contribution < 1.29 is 14.7 Å². The summed E-state index contributed by atoms with van der Waals surface area (Å²) < 4.78 is 0. The highest BCUT2D eigenvalue weighted by atomic mass is 16.4. The minimum absolute atomic E-state index is 0.0192. The Labute approximate surface area is 93.5 Å². The summed E-state index contributed by atoms with van der Waals surface area (Å²) in [6.07, 6.45) is 0.377. The van der Waals surface area contributed by atoms with E-state index in [4.69, 9.17) is 5.11 Å². The topological polar surface area (TPSA) is 57.6 Å². The number of rotatable bonds is 3. The molecule has 16 heavy (non-hydrogen) atoms. The third kappa shape index (κ3) is 1.78. The van der Waals surface area contributed by atoms with E-state index in [2.05, 4.69) is 0 Å². The number of amides is 1. The highest BCUT2D eigenvalue weighted by Crippen LogP contribution is 2.28. The van der Waals surface area contributed by atoms with Gasteiger partial charge < -0.3 is 10.0 Å². The molecule has 4 heteroatoms. The lowest BCUT2D eigenvalue weighted by Crippen LogP contribution is -2.34. The average Bonchev–Trinajstić information content (AvgIpc) is 2.55. The average molecular weight is 219 g/mol. The van der Waals surface area contributed by atoms with Gasteiger partial charge in [-0.3, -0.25) is 9.59 Å². The van der Waals surface area contributed by atoms with Crippen molar-refractivity contribution >= 4 is 17.6 Å². The molecule has 84 valence electrons. The molecule has 1 heterocycles. The first kappa shape index (κ1) is 10.7. The largest absolute Gasteiger partial charge is 0.481 e. The lowest BCUT2D eigenvalue weighted by atomic mass is 10.1. The number of carbonyl (C=O) groups excluding carboxylic acids is 1. The molecule has 1 aromatic carbocycles. The van der Waals surface area contributed by atoms with E-state index in [1.807, 2.05) is 24.3 Å². The number of fused-ring (bicyclic) bond motifs is 1. The van der Waals surface area contributed by atoms with E-state index < -0.39 is 11.9 Å². The van der Waals surface area contributed by atoms with Crippen LogP contribution in [0, 0.1) is 5.92 Å². The van der Waals surface area contributed by atoms with Gasteiger partial charge >= 0.3 is 5.97 Å². The number of hydrogen-bond donors (Lipinski definition) is 1. The number of anilines is 1. The normalized spacial score (nSPS) is 16.1. The highest BCUT2D eigenvalue weighted by molar-refractivity contribution is 6.01. The summed E-state index contributed by atoms with van der Waals surface area (Å²) in [6.45, 7) is 1.85. The monoisotopic (exact) mass is 219 g/mol. The lowest BCUT2D eigenvalue weighted by Gasteiger charge is -2.19. The molecule has 1 unspecified atom stereocenters. The van der Waals surface area contributed by atoms with Gasteiger partial charge in [-0.1, -0.05) is 25.1 Å². The van der Waals surface area contributed by atoms with Gasteiger partial charge in [0.25, 0.3) is 0 Å². The third-order valence-corrected chi connectivity index (χ3v) is 2.80. The Morgan fingerprint density at radius 2 is 2.19 bits per heavy atom. The van der Waals surface area contributed by atoms with Crippen LogP contribution < -0.4 is 4.90 Å². The van der Waals surface area contributed by atoms with E-state index >= 15 is 0 Å². The molecule has 2 rings (SSSR count). The summed E-state index contributed by atoms with van der Waals surface area (Å²) in [4.78, 5) is 24.1. The number of para-hydroxylation sites is 1. The number of hydrogen-bond acceptors (Lipinski definition) is 2. The van der Waals surface area contributed by atoms with Crippen LogP contribution in [0.2, 0.25) is 0 Å². The molecule has 0 radical (unpaired) electrons. The zero-order valence-electron chi connectivity index (χ0n) is 9.01. The Morgan fingerprint density at radius 3 is 2.88 bits per heavy atom. The third-order valence-electron chi connectivity index (χ3n) is 2.80. The summed E-state index contributed by atoms with van der Waals surface area (Å²) in [5.74, 6) is -1.44. The fraction of sp³-hybridized carbons (Fsp3) is 0.333. The van der Waals surface area contributed by atoms with E-state index in [9.17, 15) is 9.59 Å². The van der Waals surface area contributed by atoms with E-state index in [1.54, 1.807) is 11.8 Å². The predicted octanol–water partition coefficient (Wildman–Crippen LogP) is 1.30. The summed E-state index contributed by atoms with van der Waals surface area (Å²) in [5, 5.41) is 8.84. The van der Waals surface area contributed by atoms with Crippen molar-refractivity contribution in [3.8, 4) is 0 Å². The molecule has 1 aromatic rings. The molecule has 0 bridgehead atoms. The van der Waals surface area contributed by atoms with Crippen LogP contribution in [0.25, 0.3) is 0 Å². The maximum Gasteiger partial charge on any atom is 0.308 e. The molecule has 0 saturated carbocycles. The Balaban J connectivity index is 2.22. The Morgan fingerprint density at radius 1 is 1.50 bits per heavy atom. The maximum atomic E-state index is 11.7. The first-order chi connectivity index (χ1) is 7.59. The summed E-state index contributed by atoms with van der Waals surface area (Å²) in [6, 6.07) is 7.50.